The molecule has 0 fully saturated rings. The molecule has 0 aliphatic carbocycles. The van der Waals surface area contributed by atoms with Crippen molar-refractivity contribution in [2.75, 3.05) is 6.61 Å². The Morgan fingerprint density at radius 2 is 2.00 bits per heavy atom. The Morgan fingerprint density at radius 3 is 2.63 bits per heavy atom. The highest BCUT2D eigenvalue weighted by molar-refractivity contribution is 5.86. The van der Waals surface area contributed by atoms with E-state index in [1.165, 1.54) is 22.2 Å². The lowest BCUT2D eigenvalue weighted by atomic mass is 10.1. The van der Waals surface area contributed by atoms with Gasteiger partial charge < -0.3 is 15.0 Å². The lowest BCUT2D eigenvalue weighted by Gasteiger charge is -2.20. The monoisotopic (exact) mass is 260 g/mol. The first kappa shape index (κ1) is 13.9. The van der Waals surface area contributed by atoms with E-state index in [9.17, 15) is 0 Å². The molecule has 3 heteroatoms. The van der Waals surface area contributed by atoms with E-state index in [4.69, 9.17) is 4.74 Å². The van der Waals surface area contributed by atoms with Gasteiger partial charge >= 0.3 is 0 Å². The number of rotatable bonds is 4. The number of nitrogens with one attached hydrogen (secondary N) is 2. The number of hydrogen-bond donors (Lipinski definition) is 2. The molecule has 0 aliphatic rings. The summed E-state index contributed by atoms with van der Waals surface area (Å²) in [4.78, 5) is 3.44. The van der Waals surface area contributed by atoms with E-state index in [2.05, 4.69) is 50.1 Å². The highest BCUT2D eigenvalue weighted by atomic mass is 16.5. The molecule has 104 valence electrons. The Kier molecular flexibility index (Phi) is 3.85. The summed E-state index contributed by atoms with van der Waals surface area (Å²) in [6.45, 7) is 12.2. The second-order valence-corrected chi connectivity index (χ2v) is 5.97. The Bertz CT molecular complexity index is 564. The van der Waals surface area contributed by atoms with Gasteiger partial charge in [-0.1, -0.05) is 0 Å². The largest absolute Gasteiger partial charge is 0.494 e. The average Bonchev–Trinajstić information content (AvgIpc) is 2.61. The first-order chi connectivity index (χ1) is 8.90. The molecule has 0 bridgehead atoms. The zero-order valence-electron chi connectivity index (χ0n) is 12.6. The van der Waals surface area contributed by atoms with Crippen LogP contribution in [0.3, 0.4) is 0 Å². The Balaban J connectivity index is 2.35. The van der Waals surface area contributed by atoms with Crippen LogP contribution in [0.4, 0.5) is 0 Å². The fourth-order valence-electron chi connectivity index (χ4n) is 2.20. The van der Waals surface area contributed by atoms with Crippen LogP contribution in [0.15, 0.2) is 18.2 Å². The van der Waals surface area contributed by atoms with Crippen molar-refractivity contribution in [3.8, 4) is 5.75 Å². The van der Waals surface area contributed by atoms with Crippen molar-refractivity contribution in [3.63, 3.8) is 0 Å². The molecular weight excluding hydrogens is 236 g/mol. The molecule has 1 heterocycles. The van der Waals surface area contributed by atoms with Crippen molar-refractivity contribution in [1.82, 2.24) is 10.3 Å². The first-order valence-corrected chi connectivity index (χ1v) is 6.90. The minimum Gasteiger partial charge on any atom is -0.494 e. The van der Waals surface area contributed by atoms with Crippen LogP contribution in [0, 0.1) is 6.92 Å². The van der Waals surface area contributed by atoms with Crippen LogP contribution in [0.25, 0.3) is 10.9 Å². The van der Waals surface area contributed by atoms with Crippen LogP contribution < -0.4 is 10.1 Å². The molecule has 1 aromatic carbocycles. The normalized spacial score (nSPS) is 12.1. The fourth-order valence-corrected chi connectivity index (χ4v) is 2.20. The third-order valence-electron chi connectivity index (χ3n) is 3.20. The molecule has 2 aromatic rings. The number of ether oxygens (including phenoxy) is 1. The van der Waals surface area contributed by atoms with E-state index < -0.39 is 0 Å². The van der Waals surface area contributed by atoms with Gasteiger partial charge in [-0.15, -0.1) is 0 Å². The summed E-state index contributed by atoms with van der Waals surface area (Å²) in [5, 5.41) is 4.80. The maximum absolute atomic E-state index is 5.59. The molecule has 2 rings (SSSR count). The Labute approximate surface area is 115 Å². The van der Waals surface area contributed by atoms with E-state index in [0.717, 1.165) is 12.3 Å². The summed E-state index contributed by atoms with van der Waals surface area (Å²) < 4.78 is 5.59. The second-order valence-electron chi connectivity index (χ2n) is 5.97. The van der Waals surface area contributed by atoms with Crippen molar-refractivity contribution in [2.24, 2.45) is 0 Å². The van der Waals surface area contributed by atoms with Crippen LogP contribution in [-0.4, -0.2) is 17.1 Å². The zero-order valence-corrected chi connectivity index (χ0v) is 12.6. The van der Waals surface area contributed by atoms with Crippen LogP contribution >= 0.6 is 0 Å². The quantitative estimate of drug-likeness (QED) is 0.878. The third-order valence-corrected chi connectivity index (χ3v) is 3.20. The molecule has 0 amide bonds. The van der Waals surface area contributed by atoms with Gasteiger partial charge in [0.15, 0.2) is 0 Å². The molecule has 0 saturated carbocycles. The van der Waals surface area contributed by atoms with Gasteiger partial charge in [0, 0.05) is 28.7 Å². The summed E-state index contributed by atoms with van der Waals surface area (Å²) in [6, 6.07) is 6.23. The number of aromatic amines is 1. The minimum absolute atomic E-state index is 0.119. The van der Waals surface area contributed by atoms with Gasteiger partial charge in [-0.2, -0.15) is 0 Å². The third kappa shape index (κ3) is 3.29. The van der Waals surface area contributed by atoms with Crippen molar-refractivity contribution < 1.29 is 4.74 Å². The van der Waals surface area contributed by atoms with Gasteiger partial charge in [0.05, 0.1) is 6.61 Å². The standard InChI is InChI=1S/C16H24N2O/c1-6-19-12-7-8-15-13(9-12)14(11(2)18-15)10-17-16(3,4)5/h7-9,17-18H,6,10H2,1-5H3. The summed E-state index contributed by atoms with van der Waals surface area (Å²) in [6.07, 6.45) is 0. The topological polar surface area (TPSA) is 37.0 Å². The molecule has 0 radical (unpaired) electrons. The van der Waals surface area contributed by atoms with Crippen molar-refractivity contribution >= 4 is 10.9 Å². The van der Waals surface area contributed by atoms with E-state index >= 15 is 0 Å². The molecule has 0 aliphatic heterocycles. The number of fused-ring (bicyclic) bond motifs is 1. The van der Waals surface area contributed by atoms with Crippen molar-refractivity contribution in [2.45, 2.75) is 46.7 Å². The van der Waals surface area contributed by atoms with Gasteiger partial charge in [0.1, 0.15) is 5.75 Å². The molecule has 2 N–H and O–H groups in total. The predicted octanol–water partition coefficient (Wildman–Crippen LogP) is 3.76. The highest BCUT2D eigenvalue weighted by Crippen LogP contribution is 2.26. The van der Waals surface area contributed by atoms with Crippen LogP contribution in [0.2, 0.25) is 0 Å². The predicted molar refractivity (Wildman–Crippen MR) is 80.8 cm³/mol. The van der Waals surface area contributed by atoms with Crippen LogP contribution in [0.1, 0.15) is 39.0 Å². The number of aryl methyl sites for hydroxylation is 1. The van der Waals surface area contributed by atoms with Crippen LogP contribution in [0.5, 0.6) is 5.75 Å². The smallest absolute Gasteiger partial charge is 0.120 e. The molecule has 0 saturated heterocycles. The maximum atomic E-state index is 5.59. The molecule has 19 heavy (non-hydrogen) atoms. The average molecular weight is 260 g/mol. The zero-order chi connectivity index (χ0) is 14.0. The lowest BCUT2D eigenvalue weighted by Crippen LogP contribution is -2.35. The second kappa shape index (κ2) is 5.25. The van der Waals surface area contributed by atoms with E-state index in [0.29, 0.717) is 6.61 Å². The van der Waals surface area contributed by atoms with Crippen LogP contribution in [-0.2, 0) is 6.54 Å². The Morgan fingerprint density at radius 1 is 1.26 bits per heavy atom. The van der Waals surface area contributed by atoms with E-state index in [-0.39, 0.29) is 5.54 Å². The summed E-state index contributed by atoms with van der Waals surface area (Å²) in [5.74, 6) is 0.936. The van der Waals surface area contributed by atoms with Gasteiger partial charge in [-0.05, 0) is 58.4 Å². The SMILES string of the molecule is CCOc1ccc2[nH]c(C)c(CNC(C)(C)C)c2c1. The summed E-state index contributed by atoms with van der Waals surface area (Å²) in [5.41, 5.74) is 3.84. The van der Waals surface area contributed by atoms with Crippen molar-refractivity contribution in [1.29, 1.82) is 0 Å². The molecular formula is C16H24N2O. The molecule has 1 aromatic heterocycles. The van der Waals surface area contributed by atoms with E-state index in [1.807, 2.05) is 13.0 Å². The number of benzene rings is 1. The van der Waals surface area contributed by atoms with Gasteiger partial charge in [-0.25, -0.2) is 0 Å². The summed E-state index contributed by atoms with van der Waals surface area (Å²) in [7, 11) is 0. The van der Waals surface area contributed by atoms with Gasteiger partial charge in [0.25, 0.3) is 0 Å². The van der Waals surface area contributed by atoms with Gasteiger partial charge in [-0.3, -0.25) is 0 Å². The van der Waals surface area contributed by atoms with Crippen molar-refractivity contribution in [3.05, 3.63) is 29.5 Å². The Hall–Kier alpha value is -1.48. The number of hydrogen-bond acceptors (Lipinski definition) is 2. The first-order valence-electron chi connectivity index (χ1n) is 6.90. The number of H-pyrrole nitrogens is 1. The lowest BCUT2D eigenvalue weighted by molar-refractivity contribution is 0.340. The molecule has 0 spiro atoms. The molecule has 0 atom stereocenters. The minimum atomic E-state index is 0.119. The van der Waals surface area contributed by atoms with E-state index in [1.54, 1.807) is 0 Å². The number of aromatic nitrogens is 1. The maximum Gasteiger partial charge on any atom is 0.120 e. The fraction of sp³-hybridized carbons (Fsp3) is 0.500. The molecule has 3 nitrogen and oxygen atoms in total. The van der Waals surface area contributed by atoms with Gasteiger partial charge in [0.2, 0.25) is 0 Å². The molecule has 0 unspecified atom stereocenters. The summed E-state index contributed by atoms with van der Waals surface area (Å²) >= 11 is 0. The highest BCUT2D eigenvalue weighted by Gasteiger charge is 2.13.